The van der Waals surface area contributed by atoms with E-state index in [-0.39, 0.29) is 5.92 Å². The molecule has 0 N–H and O–H groups in total. The number of nitrogens with zero attached hydrogens (tertiary/aromatic N) is 1. The minimum Gasteiger partial charge on any atom is -0.198 e. The molecule has 0 bridgehead atoms. The number of hydrogen-bond donors (Lipinski definition) is 0. The van der Waals surface area contributed by atoms with Gasteiger partial charge in [0.15, 0.2) is 0 Å². The van der Waals surface area contributed by atoms with Crippen molar-refractivity contribution in [2.24, 2.45) is 5.92 Å². The summed E-state index contributed by atoms with van der Waals surface area (Å²) in [6.45, 7) is 5.75. The average molecular weight is 110 g/mol. The summed E-state index contributed by atoms with van der Waals surface area (Å²) in [5.41, 5.74) is 0. The van der Waals surface area contributed by atoms with Crippen LogP contribution in [-0.4, -0.2) is 0 Å². The van der Waals surface area contributed by atoms with E-state index >= 15 is 0 Å². The molecule has 0 aliphatic carbocycles. The Morgan fingerprint density at radius 3 is 2.75 bits per heavy atom. The Balaban J connectivity index is 3.02. The molecular weight excluding hydrogens is 98.1 g/mol. The van der Waals surface area contributed by atoms with E-state index in [4.69, 9.17) is 5.26 Å². The van der Waals surface area contributed by atoms with Gasteiger partial charge >= 0.3 is 0 Å². The molecular formula is C7H12N. The standard InChI is InChI=1S/C7H12N/c1-3-4-5-7(2)6-8/h7H,2-5H2,1H3. The van der Waals surface area contributed by atoms with Crippen LogP contribution in [0.1, 0.15) is 26.2 Å². The van der Waals surface area contributed by atoms with Crippen molar-refractivity contribution in [2.45, 2.75) is 26.2 Å². The second kappa shape index (κ2) is 4.64. The van der Waals surface area contributed by atoms with Crippen LogP contribution in [0.2, 0.25) is 0 Å². The Bertz CT molecular complexity index is 80.9. The van der Waals surface area contributed by atoms with Gasteiger partial charge in [0.05, 0.1) is 6.07 Å². The Kier molecular flexibility index (Phi) is 4.35. The van der Waals surface area contributed by atoms with E-state index in [0.29, 0.717) is 0 Å². The maximum atomic E-state index is 8.25. The summed E-state index contributed by atoms with van der Waals surface area (Å²) in [5, 5.41) is 8.25. The Morgan fingerprint density at radius 2 is 2.38 bits per heavy atom. The number of unbranched alkanes of at least 4 members (excludes halogenated alkanes) is 1. The first-order valence-electron chi connectivity index (χ1n) is 3.04. The molecule has 1 heteroatoms. The maximum absolute atomic E-state index is 8.25. The fraction of sp³-hybridized carbons (Fsp3) is 0.714. The quantitative estimate of drug-likeness (QED) is 0.546. The molecule has 0 aromatic heterocycles. The van der Waals surface area contributed by atoms with Crippen molar-refractivity contribution in [3.8, 4) is 6.07 Å². The molecule has 0 amide bonds. The second-order valence-corrected chi connectivity index (χ2v) is 1.97. The average Bonchev–Trinajstić information content (AvgIpc) is 1.83. The molecule has 0 aliphatic heterocycles. The van der Waals surface area contributed by atoms with Gasteiger partial charge in [-0.15, -0.1) is 0 Å². The number of rotatable bonds is 3. The maximum Gasteiger partial charge on any atom is 0.0655 e. The second-order valence-electron chi connectivity index (χ2n) is 1.97. The molecule has 0 spiro atoms. The van der Waals surface area contributed by atoms with Crippen LogP contribution in [0.15, 0.2) is 0 Å². The predicted molar refractivity (Wildman–Crippen MR) is 34.0 cm³/mol. The fourth-order valence-electron chi connectivity index (χ4n) is 0.515. The van der Waals surface area contributed by atoms with Gasteiger partial charge in [0, 0.05) is 5.92 Å². The molecule has 0 saturated carbocycles. The summed E-state index contributed by atoms with van der Waals surface area (Å²) in [6, 6.07) is 2.09. The molecule has 0 heterocycles. The van der Waals surface area contributed by atoms with E-state index in [9.17, 15) is 0 Å². The predicted octanol–water partition coefficient (Wildman–Crippen LogP) is 2.15. The smallest absolute Gasteiger partial charge is 0.0655 e. The summed E-state index contributed by atoms with van der Waals surface area (Å²) in [4.78, 5) is 0. The van der Waals surface area contributed by atoms with Gasteiger partial charge in [0.25, 0.3) is 0 Å². The first-order valence-corrected chi connectivity index (χ1v) is 3.04. The Labute approximate surface area is 51.3 Å². The van der Waals surface area contributed by atoms with E-state index in [1.165, 1.54) is 0 Å². The van der Waals surface area contributed by atoms with Gasteiger partial charge in [-0.05, 0) is 13.3 Å². The molecule has 1 nitrogen and oxygen atoms in total. The SMILES string of the molecule is [CH2]C(C#N)CCCC. The molecule has 1 atom stereocenters. The number of hydrogen-bond acceptors (Lipinski definition) is 1. The molecule has 8 heavy (non-hydrogen) atoms. The van der Waals surface area contributed by atoms with E-state index in [1.54, 1.807) is 0 Å². The molecule has 1 radical (unpaired) electrons. The van der Waals surface area contributed by atoms with Crippen LogP contribution >= 0.6 is 0 Å². The molecule has 1 unspecified atom stereocenters. The summed E-state index contributed by atoms with van der Waals surface area (Å²) in [7, 11) is 0. The van der Waals surface area contributed by atoms with Crippen LogP contribution in [0.3, 0.4) is 0 Å². The van der Waals surface area contributed by atoms with Gasteiger partial charge in [-0.25, -0.2) is 0 Å². The third kappa shape index (κ3) is 3.67. The molecule has 0 saturated heterocycles. The van der Waals surface area contributed by atoms with Crippen LogP contribution < -0.4 is 0 Å². The Morgan fingerprint density at radius 1 is 1.75 bits per heavy atom. The first-order chi connectivity index (χ1) is 3.81. The van der Waals surface area contributed by atoms with Crippen molar-refractivity contribution >= 4 is 0 Å². The molecule has 0 aromatic rings. The van der Waals surface area contributed by atoms with Crippen molar-refractivity contribution in [3.63, 3.8) is 0 Å². The lowest BCUT2D eigenvalue weighted by Gasteiger charge is -1.96. The lowest BCUT2D eigenvalue weighted by atomic mass is 10.1. The van der Waals surface area contributed by atoms with Crippen LogP contribution in [0.5, 0.6) is 0 Å². The summed E-state index contributed by atoms with van der Waals surface area (Å²) in [6.07, 6.45) is 3.24. The highest BCUT2D eigenvalue weighted by atomic mass is 14.2. The largest absolute Gasteiger partial charge is 0.198 e. The zero-order valence-electron chi connectivity index (χ0n) is 5.35. The normalized spacial score (nSPS) is 12.6. The third-order valence-electron chi connectivity index (χ3n) is 1.09. The summed E-state index contributed by atoms with van der Waals surface area (Å²) in [5.74, 6) is 0.00921. The van der Waals surface area contributed by atoms with Gasteiger partial charge in [0.1, 0.15) is 0 Å². The Hall–Kier alpha value is -0.510. The molecule has 0 aliphatic rings. The third-order valence-corrected chi connectivity index (χ3v) is 1.09. The summed E-state index contributed by atoms with van der Waals surface area (Å²) >= 11 is 0. The first kappa shape index (κ1) is 7.49. The van der Waals surface area contributed by atoms with Gasteiger partial charge in [-0.1, -0.05) is 19.8 Å². The zero-order valence-corrected chi connectivity index (χ0v) is 5.35. The van der Waals surface area contributed by atoms with Crippen LogP contribution in [0.25, 0.3) is 0 Å². The highest BCUT2D eigenvalue weighted by Crippen LogP contribution is 2.04. The van der Waals surface area contributed by atoms with Crippen molar-refractivity contribution in [3.05, 3.63) is 6.92 Å². The van der Waals surface area contributed by atoms with Crippen LogP contribution in [0.4, 0.5) is 0 Å². The molecule has 0 rings (SSSR count). The van der Waals surface area contributed by atoms with Crippen molar-refractivity contribution in [1.29, 1.82) is 5.26 Å². The fourth-order valence-corrected chi connectivity index (χ4v) is 0.515. The van der Waals surface area contributed by atoms with E-state index in [0.717, 1.165) is 19.3 Å². The highest BCUT2D eigenvalue weighted by Gasteiger charge is 1.95. The van der Waals surface area contributed by atoms with Gasteiger partial charge < -0.3 is 0 Å². The lowest BCUT2D eigenvalue weighted by molar-refractivity contribution is 0.648. The van der Waals surface area contributed by atoms with E-state index in [1.807, 2.05) is 0 Å². The van der Waals surface area contributed by atoms with Gasteiger partial charge in [0.2, 0.25) is 0 Å². The molecule has 0 aromatic carbocycles. The topological polar surface area (TPSA) is 23.8 Å². The summed E-state index contributed by atoms with van der Waals surface area (Å²) < 4.78 is 0. The van der Waals surface area contributed by atoms with E-state index < -0.39 is 0 Å². The van der Waals surface area contributed by atoms with Gasteiger partial charge in [-0.2, -0.15) is 5.26 Å². The zero-order chi connectivity index (χ0) is 6.41. The highest BCUT2D eigenvalue weighted by molar-refractivity contribution is 4.83. The van der Waals surface area contributed by atoms with Crippen molar-refractivity contribution in [2.75, 3.05) is 0 Å². The van der Waals surface area contributed by atoms with Gasteiger partial charge in [-0.3, -0.25) is 0 Å². The minimum atomic E-state index is 0.00921. The number of nitriles is 1. The van der Waals surface area contributed by atoms with Crippen LogP contribution in [-0.2, 0) is 0 Å². The van der Waals surface area contributed by atoms with Crippen LogP contribution in [0, 0.1) is 24.2 Å². The van der Waals surface area contributed by atoms with E-state index in [2.05, 4.69) is 19.9 Å². The van der Waals surface area contributed by atoms with Crippen molar-refractivity contribution in [1.82, 2.24) is 0 Å². The molecule has 45 valence electrons. The monoisotopic (exact) mass is 110 g/mol. The molecule has 0 fully saturated rings. The minimum absolute atomic E-state index is 0.00921. The lowest BCUT2D eigenvalue weighted by Crippen LogP contribution is -1.87. The van der Waals surface area contributed by atoms with Crippen molar-refractivity contribution < 1.29 is 0 Å².